The van der Waals surface area contributed by atoms with Gasteiger partial charge in [0.2, 0.25) is 5.91 Å². The molecule has 1 aromatic carbocycles. The van der Waals surface area contributed by atoms with Gasteiger partial charge in [0.25, 0.3) is 5.91 Å². The molecule has 0 radical (unpaired) electrons. The number of rotatable bonds is 5. The van der Waals surface area contributed by atoms with Crippen LogP contribution in [0.3, 0.4) is 0 Å². The van der Waals surface area contributed by atoms with Crippen LogP contribution < -0.4 is 10.1 Å². The molecule has 0 heterocycles. The molecule has 0 aliphatic heterocycles. The van der Waals surface area contributed by atoms with E-state index < -0.39 is 11.4 Å². The van der Waals surface area contributed by atoms with Crippen molar-refractivity contribution >= 4 is 23.4 Å². The lowest BCUT2D eigenvalue weighted by atomic mass is 9.47. The number of amides is 2. The van der Waals surface area contributed by atoms with Crippen molar-refractivity contribution in [2.24, 2.45) is 23.2 Å². The quantitative estimate of drug-likeness (QED) is 0.757. The van der Waals surface area contributed by atoms with Crippen molar-refractivity contribution in [1.82, 2.24) is 10.2 Å². The average Bonchev–Trinajstić information content (AvgIpc) is 2.65. The lowest BCUT2D eigenvalue weighted by Gasteiger charge is -2.59. The molecule has 2 amide bonds. The van der Waals surface area contributed by atoms with Crippen LogP contribution in [-0.2, 0) is 9.59 Å². The van der Waals surface area contributed by atoms with Crippen LogP contribution in [0.2, 0.25) is 5.02 Å². The Morgan fingerprint density at radius 1 is 1.20 bits per heavy atom. The van der Waals surface area contributed by atoms with Crippen molar-refractivity contribution in [2.45, 2.75) is 57.6 Å². The minimum atomic E-state index is -1.16. The number of carbonyl (C=O) groups excluding carboxylic acids is 2. The van der Waals surface area contributed by atoms with Crippen LogP contribution in [0.1, 0.15) is 46.0 Å². The number of benzene rings is 1. The first-order valence-electron chi connectivity index (χ1n) is 10.7. The molecule has 4 bridgehead atoms. The summed E-state index contributed by atoms with van der Waals surface area (Å²) in [6, 6.07) is 3.92. The van der Waals surface area contributed by atoms with Gasteiger partial charge in [0, 0.05) is 20.1 Å². The van der Waals surface area contributed by atoms with Gasteiger partial charge in [-0.2, -0.15) is 0 Å². The highest BCUT2D eigenvalue weighted by atomic mass is 35.5. The Balaban J connectivity index is 1.47. The van der Waals surface area contributed by atoms with Gasteiger partial charge in [0.15, 0.2) is 5.60 Å². The number of carbonyl (C=O) groups is 2. The van der Waals surface area contributed by atoms with Crippen LogP contribution >= 0.6 is 11.6 Å². The van der Waals surface area contributed by atoms with E-state index in [-0.39, 0.29) is 34.0 Å². The van der Waals surface area contributed by atoms with Crippen LogP contribution in [-0.4, -0.2) is 42.5 Å². The Morgan fingerprint density at radius 2 is 1.83 bits per heavy atom. The van der Waals surface area contributed by atoms with Crippen molar-refractivity contribution in [1.29, 1.82) is 0 Å². The summed E-state index contributed by atoms with van der Waals surface area (Å²) in [6.07, 6.45) is 4.79. The highest BCUT2D eigenvalue weighted by molar-refractivity contribution is 6.32. The fraction of sp³-hybridized carbons (Fsp3) is 0.652. The molecule has 4 fully saturated rings. The standard InChI is InChI=1S/C23H30ClFN2O3/c1-22(2,30-18-6-5-16(25)9-17(18)24)20(28)26-19-14-7-13-8-15(19)12-23(10-13,11-14)21(29)27(3)4/h5-6,9,13-15,19H,7-8,10-12H2,1-4H3,(H,26,28). The lowest BCUT2D eigenvalue weighted by Crippen LogP contribution is -2.64. The molecule has 0 saturated heterocycles. The third-order valence-electron chi connectivity index (χ3n) is 7.24. The van der Waals surface area contributed by atoms with E-state index in [1.54, 1.807) is 18.7 Å². The highest BCUT2D eigenvalue weighted by Crippen LogP contribution is 2.60. The van der Waals surface area contributed by atoms with Crippen LogP contribution in [0.25, 0.3) is 0 Å². The maximum absolute atomic E-state index is 13.3. The topological polar surface area (TPSA) is 58.6 Å². The highest BCUT2D eigenvalue weighted by Gasteiger charge is 2.59. The Morgan fingerprint density at radius 3 is 2.40 bits per heavy atom. The zero-order chi connectivity index (χ0) is 21.8. The van der Waals surface area contributed by atoms with E-state index in [9.17, 15) is 14.0 Å². The van der Waals surface area contributed by atoms with Crippen molar-refractivity contribution in [3.05, 3.63) is 29.0 Å². The molecular formula is C23H30ClFN2O3. The maximum Gasteiger partial charge on any atom is 0.263 e. The van der Waals surface area contributed by atoms with Crippen molar-refractivity contribution in [3.8, 4) is 5.75 Å². The minimum Gasteiger partial charge on any atom is -0.476 e. The van der Waals surface area contributed by atoms with Crippen LogP contribution in [0, 0.1) is 29.0 Å². The Kier molecular flexibility index (Phi) is 5.28. The molecule has 4 saturated carbocycles. The Hall–Kier alpha value is -1.82. The van der Waals surface area contributed by atoms with E-state index in [1.165, 1.54) is 18.2 Å². The summed E-state index contributed by atoms with van der Waals surface area (Å²) < 4.78 is 19.2. The summed E-state index contributed by atoms with van der Waals surface area (Å²) in [5, 5.41) is 3.37. The van der Waals surface area contributed by atoms with Gasteiger partial charge in [0.1, 0.15) is 11.6 Å². The minimum absolute atomic E-state index is 0.0590. The molecule has 1 N–H and O–H groups in total. The number of nitrogens with zero attached hydrogens (tertiary/aromatic N) is 1. The van der Waals surface area contributed by atoms with E-state index in [0.717, 1.165) is 32.1 Å². The average molecular weight is 437 g/mol. The van der Waals surface area contributed by atoms with Gasteiger partial charge in [-0.1, -0.05) is 11.6 Å². The second kappa shape index (κ2) is 7.40. The fourth-order valence-electron chi connectivity index (χ4n) is 6.20. The molecule has 0 spiro atoms. The van der Waals surface area contributed by atoms with E-state index in [1.807, 2.05) is 14.1 Å². The summed E-state index contributed by atoms with van der Waals surface area (Å²) in [5.74, 6) is 1.04. The molecule has 5 rings (SSSR count). The van der Waals surface area contributed by atoms with E-state index >= 15 is 0 Å². The lowest BCUT2D eigenvalue weighted by molar-refractivity contribution is -0.159. The first-order valence-corrected chi connectivity index (χ1v) is 11.1. The van der Waals surface area contributed by atoms with Gasteiger partial charge in [-0.25, -0.2) is 4.39 Å². The number of hydrogen-bond donors (Lipinski definition) is 1. The summed E-state index contributed by atoms with van der Waals surface area (Å²) in [4.78, 5) is 27.8. The summed E-state index contributed by atoms with van der Waals surface area (Å²) in [6.45, 7) is 3.38. The van der Waals surface area contributed by atoms with Gasteiger partial charge in [-0.15, -0.1) is 0 Å². The summed E-state index contributed by atoms with van der Waals surface area (Å²) in [5.41, 5.74) is -1.41. The molecule has 4 aliphatic rings. The van der Waals surface area contributed by atoms with Crippen LogP contribution in [0.4, 0.5) is 4.39 Å². The van der Waals surface area contributed by atoms with E-state index in [0.29, 0.717) is 17.8 Å². The Labute approximate surface area is 182 Å². The zero-order valence-corrected chi connectivity index (χ0v) is 18.8. The van der Waals surface area contributed by atoms with Crippen molar-refractivity contribution in [2.75, 3.05) is 14.1 Å². The molecule has 7 heteroatoms. The molecule has 4 aliphatic carbocycles. The first-order chi connectivity index (χ1) is 14.0. The van der Waals surface area contributed by atoms with Gasteiger partial charge in [0.05, 0.1) is 10.4 Å². The largest absolute Gasteiger partial charge is 0.476 e. The first kappa shape index (κ1) is 21.4. The molecule has 164 valence electrons. The molecule has 2 unspecified atom stereocenters. The molecular weight excluding hydrogens is 407 g/mol. The van der Waals surface area contributed by atoms with Crippen LogP contribution in [0.15, 0.2) is 18.2 Å². The van der Waals surface area contributed by atoms with Gasteiger partial charge in [-0.05, 0) is 81.9 Å². The second-order valence-electron chi connectivity index (χ2n) is 10.1. The second-order valence-corrected chi connectivity index (χ2v) is 10.5. The van der Waals surface area contributed by atoms with E-state index in [4.69, 9.17) is 16.3 Å². The molecule has 1 aromatic rings. The normalized spacial score (nSPS) is 32.1. The zero-order valence-electron chi connectivity index (χ0n) is 18.0. The maximum atomic E-state index is 13.3. The van der Waals surface area contributed by atoms with Gasteiger partial charge >= 0.3 is 0 Å². The monoisotopic (exact) mass is 436 g/mol. The summed E-state index contributed by atoms with van der Waals surface area (Å²) in [7, 11) is 3.67. The molecule has 0 aromatic heterocycles. The molecule has 2 atom stereocenters. The summed E-state index contributed by atoms with van der Waals surface area (Å²) >= 11 is 6.07. The third kappa shape index (κ3) is 3.68. The molecule has 5 nitrogen and oxygen atoms in total. The van der Waals surface area contributed by atoms with Gasteiger partial charge < -0.3 is 15.0 Å². The van der Waals surface area contributed by atoms with Crippen molar-refractivity contribution < 1.29 is 18.7 Å². The predicted octanol–water partition coefficient (Wildman–Crippen LogP) is 4.04. The smallest absolute Gasteiger partial charge is 0.263 e. The number of nitrogens with one attached hydrogen (secondary N) is 1. The predicted molar refractivity (Wildman–Crippen MR) is 113 cm³/mol. The third-order valence-corrected chi connectivity index (χ3v) is 7.53. The number of ether oxygens (including phenoxy) is 1. The molecule has 30 heavy (non-hydrogen) atoms. The fourth-order valence-corrected chi connectivity index (χ4v) is 6.41. The SMILES string of the molecule is CN(C)C(=O)C12CC3CC(C1)C(NC(=O)C(C)(C)Oc1ccc(F)cc1Cl)C(C3)C2. The van der Waals surface area contributed by atoms with Gasteiger partial charge in [-0.3, -0.25) is 9.59 Å². The number of hydrogen-bond acceptors (Lipinski definition) is 3. The van der Waals surface area contributed by atoms with Crippen molar-refractivity contribution in [3.63, 3.8) is 0 Å². The Bertz CT molecular complexity index is 856. The van der Waals surface area contributed by atoms with E-state index in [2.05, 4.69) is 5.32 Å². The number of halogens is 2. The van der Waals surface area contributed by atoms with Crippen LogP contribution in [0.5, 0.6) is 5.75 Å².